The lowest BCUT2D eigenvalue weighted by molar-refractivity contribution is 0.0987. The van der Waals surface area contributed by atoms with Crippen LogP contribution in [0.2, 0.25) is 0 Å². The van der Waals surface area contributed by atoms with Crippen molar-refractivity contribution >= 4 is 11.6 Å². The average Bonchev–Trinajstić information content (AvgIpc) is 2.78. The van der Waals surface area contributed by atoms with Crippen LogP contribution in [-0.4, -0.2) is 11.1 Å². The quantitative estimate of drug-likeness (QED) is 0.902. The second-order valence-electron chi connectivity index (χ2n) is 4.25. The van der Waals surface area contributed by atoms with Gasteiger partial charge >= 0.3 is 0 Å². The van der Waals surface area contributed by atoms with Gasteiger partial charge in [0, 0.05) is 11.3 Å². The smallest absolute Gasteiger partial charge is 0.294 e. The number of aromatic nitrogens is 1. The number of hydrogen-bond donors (Lipinski definition) is 1. The van der Waals surface area contributed by atoms with Gasteiger partial charge in [0.05, 0.1) is 6.20 Å². The van der Waals surface area contributed by atoms with Crippen molar-refractivity contribution in [3.05, 3.63) is 46.8 Å². The van der Waals surface area contributed by atoms with E-state index in [0.717, 1.165) is 28.8 Å². The van der Waals surface area contributed by atoms with E-state index in [0.29, 0.717) is 0 Å². The van der Waals surface area contributed by atoms with Crippen molar-refractivity contribution in [2.24, 2.45) is 0 Å². The molecule has 4 nitrogen and oxygen atoms in total. The summed E-state index contributed by atoms with van der Waals surface area (Å²) in [5.41, 5.74) is 3.75. The third-order valence-electron chi connectivity index (χ3n) is 2.93. The standard InChI is InChI=1S/C14H16N2O2/c1-4-11-7-5-6-9(2)12(11)16-14(17)13-10(3)8-15-18-13/h5-8H,4H2,1-3H3,(H,16,17). The molecule has 0 atom stereocenters. The topological polar surface area (TPSA) is 55.1 Å². The monoisotopic (exact) mass is 244 g/mol. The summed E-state index contributed by atoms with van der Waals surface area (Å²) in [6.07, 6.45) is 2.40. The van der Waals surface area contributed by atoms with Gasteiger partial charge in [-0.3, -0.25) is 4.79 Å². The van der Waals surface area contributed by atoms with Gasteiger partial charge in [0.15, 0.2) is 0 Å². The highest BCUT2D eigenvalue weighted by molar-refractivity contribution is 6.03. The Morgan fingerprint density at radius 3 is 2.72 bits per heavy atom. The third kappa shape index (κ3) is 2.27. The van der Waals surface area contributed by atoms with Crippen molar-refractivity contribution in [1.82, 2.24) is 5.16 Å². The molecule has 0 aliphatic rings. The normalized spacial score (nSPS) is 10.4. The fourth-order valence-electron chi connectivity index (χ4n) is 1.88. The molecule has 0 aliphatic heterocycles. The van der Waals surface area contributed by atoms with Gasteiger partial charge in [-0.15, -0.1) is 0 Å². The van der Waals surface area contributed by atoms with Crippen LogP contribution < -0.4 is 5.32 Å². The minimum absolute atomic E-state index is 0.256. The van der Waals surface area contributed by atoms with Crippen LogP contribution in [0.1, 0.15) is 34.2 Å². The van der Waals surface area contributed by atoms with E-state index >= 15 is 0 Å². The Balaban J connectivity index is 2.30. The lowest BCUT2D eigenvalue weighted by atomic mass is 10.1. The van der Waals surface area contributed by atoms with Crippen LogP contribution in [0.4, 0.5) is 5.69 Å². The molecular formula is C14H16N2O2. The van der Waals surface area contributed by atoms with Crippen molar-refractivity contribution in [2.75, 3.05) is 5.32 Å². The highest BCUT2D eigenvalue weighted by atomic mass is 16.5. The van der Waals surface area contributed by atoms with Crippen LogP contribution in [0, 0.1) is 13.8 Å². The third-order valence-corrected chi connectivity index (χ3v) is 2.93. The van der Waals surface area contributed by atoms with Gasteiger partial charge in [-0.25, -0.2) is 0 Å². The number of carbonyl (C=O) groups is 1. The van der Waals surface area contributed by atoms with E-state index in [4.69, 9.17) is 4.52 Å². The molecule has 0 saturated heterocycles. The van der Waals surface area contributed by atoms with Gasteiger partial charge in [0.2, 0.25) is 5.76 Å². The number of amides is 1. The van der Waals surface area contributed by atoms with E-state index in [1.807, 2.05) is 25.1 Å². The average molecular weight is 244 g/mol. The summed E-state index contributed by atoms with van der Waals surface area (Å²) in [6.45, 7) is 5.83. The molecule has 0 spiro atoms. The summed E-state index contributed by atoms with van der Waals surface area (Å²) in [5, 5.41) is 6.51. The number of carbonyl (C=O) groups excluding carboxylic acids is 1. The van der Waals surface area contributed by atoms with E-state index in [9.17, 15) is 4.79 Å². The van der Waals surface area contributed by atoms with E-state index < -0.39 is 0 Å². The maximum Gasteiger partial charge on any atom is 0.294 e. The molecule has 94 valence electrons. The number of nitrogens with zero attached hydrogens (tertiary/aromatic N) is 1. The van der Waals surface area contributed by atoms with Crippen LogP contribution in [-0.2, 0) is 6.42 Å². The summed E-state index contributed by atoms with van der Waals surface area (Å²) in [5.74, 6) is 0.00862. The highest BCUT2D eigenvalue weighted by Crippen LogP contribution is 2.22. The van der Waals surface area contributed by atoms with Crippen LogP contribution in [0.5, 0.6) is 0 Å². The van der Waals surface area contributed by atoms with Gasteiger partial charge < -0.3 is 9.84 Å². The summed E-state index contributed by atoms with van der Waals surface area (Å²) >= 11 is 0. The maximum atomic E-state index is 12.1. The van der Waals surface area contributed by atoms with Gasteiger partial charge in [0.1, 0.15) is 0 Å². The fraction of sp³-hybridized carbons (Fsp3) is 0.286. The zero-order valence-corrected chi connectivity index (χ0v) is 10.8. The Bertz CT molecular complexity index is 573. The molecule has 18 heavy (non-hydrogen) atoms. The molecule has 1 heterocycles. The summed E-state index contributed by atoms with van der Waals surface area (Å²) in [6, 6.07) is 5.97. The summed E-state index contributed by atoms with van der Waals surface area (Å²) in [7, 11) is 0. The Kier molecular flexibility index (Phi) is 3.46. The molecule has 1 amide bonds. The SMILES string of the molecule is CCc1cccc(C)c1NC(=O)c1oncc1C. The largest absolute Gasteiger partial charge is 0.351 e. The molecule has 0 saturated carbocycles. The lowest BCUT2D eigenvalue weighted by Gasteiger charge is -2.11. The Morgan fingerprint density at radius 1 is 1.33 bits per heavy atom. The number of para-hydroxylation sites is 1. The van der Waals surface area contributed by atoms with Crippen LogP contribution >= 0.6 is 0 Å². The molecule has 2 rings (SSSR count). The molecule has 1 aromatic heterocycles. The highest BCUT2D eigenvalue weighted by Gasteiger charge is 2.16. The molecule has 4 heteroatoms. The maximum absolute atomic E-state index is 12.1. The number of anilines is 1. The second-order valence-corrected chi connectivity index (χ2v) is 4.25. The molecule has 0 radical (unpaired) electrons. The van der Waals surface area contributed by atoms with Crippen LogP contribution in [0.15, 0.2) is 28.9 Å². The number of benzene rings is 1. The molecule has 0 aliphatic carbocycles. The minimum Gasteiger partial charge on any atom is -0.351 e. The molecule has 1 aromatic carbocycles. The van der Waals surface area contributed by atoms with E-state index in [1.54, 1.807) is 6.92 Å². The van der Waals surface area contributed by atoms with Gasteiger partial charge in [-0.2, -0.15) is 0 Å². The minimum atomic E-state index is -0.256. The number of hydrogen-bond acceptors (Lipinski definition) is 3. The van der Waals surface area contributed by atoms with E-state index in [2.05, 4.69) is 17.4 Å². The fourth-order valence-corrected chi connectivity index (χ4v) is 1.88. The van der Waals surface area contributed by atoms with Gasteiger partial charge in [-0.05, 0) is 31.4 Å². The summed E-state index contributed by atoms with van der Waals surface area (Å²) < 4.78 is 4.95. The van der Waals surface area contributed by atoms with Crippen LogP contribution in [0.3, 0.4) is 0 Å². The molecule has 0 fully saturated rings. The number of nitrogens with one attached hydrogen (secondary N) is 1. The first-order valence-electron chi connectivity index (χ1n) is 5.94. The van der Waals surface area contributed by atoms with Gasteiger partial charge in [-0.1, -0.05) is 30.3 Å². The first-order chi connectivity index (χ1) is 8.63. The van der Waals surface area contributed by atoms with Gasteiger partial charge in [0.25, 0.3) is 5.91 Å². The zero-order valence-electron chi connectivity index (χ0n) is 10.8. The molecular weight excluding hydrogens is 228 g/mol. The molecule has 0 unspecified atom stereocenters. The van der Waals surface area contributed by atoms with E-state index in [1.165, 1.54) is 6.20 Å². The first-order valence-corrected chi connectivity index (χ1v) is 5.94. The molecule has 0 bridgehead atoms. The van der Waals surface area contributed by atoms with E-state index in [-0.39, 0.29) is 11.7 Å². The van der Waals surface area contributed by atoms with Crippen LogP contribution in [0.25, 0.3) is 0 Å². The Morgan fingerprint density at radius 2 is 2.11 bits per heavy atom. The van der Waals surface area contributed by atoms with Crippen molar-refractivity contribution < 1.29 is 9.32 Å². The lowest BCUT2D eigenvalue weighted by Crippen LogP contribution is -2.14. The Hall–Kier alpha value is -2.10. The van der Waals surface area contributed by atoms with Crippen molar-refractivity contribution in [2.45, 2.75) is 27.2 Å². The van der Waals surface area contributed by atoms with Crippen molar-refractivity contribution in [3.63, 3.8) is 0 Å². The predicted octanol–water partition coefficient (Wildman–Crippen LogP) is 3.11. The van der Waals surface area contributed by atoms with Crippen molar-refractivity contribution in [3.8, 4) is 0 Å². The molecule has 2 aromatic rings. The van der Waals surface area contributed by atoms with Crippen molar-refractivity contribution in [1.29, 1.82) is 0 Å². The number of aryl methyl sites for hydroxylation is 3. The predicted molar refractivity (Wildman–Crippen MR) is 69.8 cm³/mol. The number of rotatable bonds is 3. The zero-order chi connectivity index (χ0) is 13.1. The first kappa shape index (κ1) is 12.4. The molecule has 1 N–H and O–H groups in total. The second kappa shape index (κ2) is 5.04. The Labute approximate surface area is 106 Å². The summed E-state index contributed by atoms with van der Waals surface area (Å²) in [4.78, 5) is 12.1.